The van der Waals surface area contributed by atoms with Crippen molar-refractivity contribution in [3.8, 4) is 0 Å². The first-order valence-corrected chi connectivity index (χ1v) is 5.76. The predicted molar refractivity (Wildman–Crippen MR) is 57.4 cm³/mol. The second-order valence-corrected chi connectivity index (χ2v) is 4.77. The molecule has 0 radical (unpaired) electrons. The van der Waals surface area contributed by atoms with Crippen molar-refractivity contribution in [1.29, 1.82) is 0 Å². The molecule has 5 atom stereocenters. The average molecular weight is 261 g/mol. The van der Waals surface area contributed by atoms with Crippen LogP contribution in [-0.2, 0) is 19.1 Å². The molecule has 0 unspecified atom stereocenters. The number of carbonyl (C=O) groups excluding carboxylic acids is 1. The first-order valence-electron chi connectivity index (χ1n) is 5.76. The van der Waals surface area contributed by atoms with Crippen LogP contribution in [0, 0.1) is 11.8 Å². The second-order valence-electron chi connectivity index (χ2n) is 4.77. The minimum atomic E-state index is -2.28. The Labute approximate surface area is 103 Å². The van der Waals surface area contributed by atoms with E-state index in [0.29, 0.717) is 0 Å². The van der Waals surface area contributed by atoms with E-state index in [9.17, 15) is 19.1 Å². The minimum absolute atomic E-state index is 0.0439. The van der Waals surface area contributed by atoms with Crippen LogP contribution in [0.15, 0.2) is 0 Å². The van der Waals surface area contributed by atoms with Gasteiger partial charge in [0.05, 0.1) is 12.7 Å². The number of fused-ring (bicyclic) bond motifs is 1. The summed E-state index contributed by atoms with van der Waals surface area (Å²) in [6.07, 6.45) is -0.678. The molecule has 7 heteroatoms. The average Bonchev–Trinajstić information content (AvgIpc) is 2.77. The van der Waals surface area contributed by atoms with E-state index in [-0.39, 0.29) is 13.0 Å². The Balaban J connectivity index is 2.27. The van der Waals surface area contributed by atoms with Crippen molar-refractivity contribution < 1.29 is 28.6 Å². The van der Waals surface area contributed by atoms with Crippen molar-refractivity contribution in [3.63, 3.8) is 0 Å². The van der Waals surface area contributed by atoms with Gasteiger partial charge in [-0.05, 0) is 13.3 Å². The Hall–Kier alpha value is -1.21. The number of carbonyl (C=O) groups is 2. The summed E-state index contributed by atoms with van der Waals surface area (Å²) in [5, 5.41) is 9.19. The molecule has 2 aliphatic rings. The fourth-order valence-corrected chi connectivity index (χ4v) is 3.12. The van der Waals surface area contributed by atoms with E-state index >= 15 is 0 Å². The maximum Gasteiger partial charge on any atom is 0.344 e. The highest BCUT2D eigenvalue weighted by Gasteiger charge is 2.85. The summed E-state index contributed by atoms with van der Waals surface area (Å²) >= 11 is 0. The molecule has 2 rings (SSSR count). The third kappa shape index (κ3) is 1.34. The molecule has 0 bridgehead atoms. The Morgan fingerprint density at radius 3 is 2.61 bits per heavy atom. The Bertz CT molecular complexity index is 403. The molecule has 0 aliphatic heterocycles. The largest absolute Gasteiger partial charge is 0.480 e. The van der Waals surface area contributed by atoms with Crippen LogP contribution in [0.25, 0.3) is 0 Å². The first-order chi connectivity index (χ1) is 8.34. The van der Waals surface area contributed by atoms with Gasteiger partial charge in [0.15, 0.2) is 0 Å². The minimum Gasteiger partial charge on any atom is -0.480 e. The fraction of sp³-hybridized carbons (Fsp3) is 0.818. The summed E-state index contributed by atoms with van der Waals surface area (Å²) in [7, 11) is 1.32. The predicted octanol–water partition coefficient (Wildman–Crippen LogP) is -0.295. The number of aliphatic carboxylic acids is 1. The van der Waals surface area contributed by atoms with Crippen molar-refractivity contribution >= 4 is 11.9 Å². The molecule has 3 N–H and O–H groups in total. The normalized spacial score (nSPS) is 45.4. The highest BCUT2D eigenvalue weighted by Crippen LogP contribution is 2.67. The number of ether oxygens (including phenoxy) is 2. The molecule has 102 valence electrons. The number of hydrogen-bond acceptors (Lipinski definition) is 5. The van der Waals surface area contributed by atoms with E-state index < -0.39 is 41.1 Å². The Morgan fingerprint density at radius 2 is 2.17 bits per heavy atom. The van der Waals surface area contributed by atoms with Gasteiger partial charge in [-0.15, -0.1) is 0 Å². The van der Waals surface area contributed by atoms with Crippen molar-refractivity contribution in [2.45, 2.75) is 30.7 Å². The lowest BCUT2D eigenvalue weighted by Crippen LogP contribution is -2.60. The van der Waals surface area contributed by atoms with Crippen molar-refractivity contribution in [3.05, 3.63) is 0 Å². The van der Waals surface area contributed by atoms with Gasteiger partial charge in [0.2, 0.25) is 5.67 Å². The van der Waals surface area contributed by atoms with Crippen LogP contribution >= 0.6 is 0 Å². The molecule has 0 aromatic rings. The van der Waals surface area contributed by atoms with Crippen LogP contribution in [0.5, 0.6) is 0 Å². The molecule has 0 amide bonds. The first kappa shape index (κ1) is 13.2. The lowest BCUT2D eigenvalue weighted by atomic mass is 9.88. The molecule has 2 saturated carbocycles. The van der Waals surface area contributed by atoms with Crippen LogP contribution in [0.4, 0.5) is 4.39 Å². The quantitative estimate of drug-likeness (QED) is 0.674. The van der Waals surface area contributed by atoms with Gasteiger partial charge in [-0.2, -0.15) is 0 Å². The molecule has 0 spiro atoms. The Kier molecular flexibility index (Phi) is 2.86. The topological polar surface area (TPSA) is 98.9 Å². The van der Waals surface area contributed by atoms with Gasteiger partial charge in [0.1, 0.15) is 5.54 Å². The van der Waals surface area contributed by atoms with Crippen LogP contribution in [0.1, 0.15) is 13.3 Å². The number of halogens is 1. The standard InChI is InChI=1S/C11H16FNO5/c1-3-18-9(16)10(12)5-4-6(17-2)11(13,7(5)10)8(14)15/h5-7H,3-4,13H2,1-2H3,(H,14,15)/t5-,6-,7+,10-,11+/m1/s1. The number of carboxylic acid groups (broad SMARTS) is 1. The van der Waals surface area contributed by atoms with Gasteiger partial charge in [-0.1, -0.05) is 0 Å². The van der Waals surface area contributed by atoms with Crippen LogP contribution in [0.2, 0.25) is 0 Å². The molecule has 0 aromatic heterocycles. The molecule has 2 fully saturated rings. The number of rotatable bonds is 4. The molecule has 0 heterocycles. The van der Waals surface area contributed by atoms with Gasteiger partial charge in [-0.25, -0.2) is 9.18 Å². The highest BCUT2D eigenvalue weighted by atomic mass is 19.1. The van der Waals surface area contributed by atoms with Crippen LogP contribution in [-0.4, -0.2) is 48.1 Å². The summed E-state index contributed by atoms with van der Waals surface area (Å²) < 4.78 is 24.1. The summed E-state index contributed by atoms with van der Waals surface area (Å²) in [6.45, 7) is 1.60. The van der Waals surface area contributed by atoms with Gasteiger partial charge >= 0.3 is 11.9 Å². The molecule has 0 aromatic carbocycles. The van der Waals surface area contributed by atoms with E-state index in [1.54, 1.807) is 6.92 Å². The summed E-state index contributed by atoms with van der Waals surface area (Å²) in [5.74, 6) is -4.19. The van der Waals surface area contributed by atoms with Crippen molar-refractivity contribution in [2.24, 2.45) is 17.6 Å². The highest BCUT2D eigenvalue weighted by molar-refractivity contribution is 5.91. The zero-order valence-electron chi connectivity index (χ0n) is 10.2. The number of hydrogen-bond donors (Lipinski definition) is 2. The van der Waals surface area contributed by atoms with Gasteiger partial charge in [0.25, 0.3) is 0 Å². The molecule has 2 aliphatic carbocycles. The molecular weight excluding hydrogens is 245 g/mol. The number of nitrogens with two attached hydrogens (primary N) is 1. The molecule has 0 saturated heterocycles. The Morgan fingerprint density at radius 1 is 1.56 bits per heavy atom. The van der Waals surface area contributed by atoms with Crippen molar-refractivity contribution in [1.82, 2.24) is 0 Å². The zero-order valence-corrected chi connectivity index (χ0v) is 10.2. The second kappa shape index (κ2) is 3.89. The van der Waals surface area contributed by atoms with E-state index in [0.717, 1.165) is 0 Å². The lowest BCUT2D eigenvalue weighted by Gasteiger charge is -2.30. The zero-order chi connectivity index (χ0) is 13.7. The van der Waals surface area contributed by atoms with Gasteiger partial charge < -0.3 is 20.3 Å². The number of carboxylic acids is 1. The van der Waals surface area contributed by atoms with E-state index in [1.807, 2.05) is 0 Å². The van der Waals surface area contributed by atoms with E-state index in [1.165, 1.54) is 7.11 Å². The molecule has 18 heavy (non-hydrogen) atoms. The summed E-state index contributed by atoms with van der Waals surface area (Å²) in [5.41, 5.74) is 1.63. The molecular formula is C11H16FNO5. The van der Waals surface area contributed by atoms with E-state index in [2.05, 4.69) is 4.74 Å². The van der Waals surface area contributed by atoms with Crippen molar-refractivity contribution in [2.75, 3.05) is 13.7 Å². The third-order valence-corrected chi connectivity index (χ3v) is 4.04. The van der Waals surface area contributed by atoms with Crippen LogP contribution < -0.4 is 5.73 Å². The van der Waals surface area contributed by atoms with Crippen LogP contribution in [0.3, 0.4) is 0 Å². The number of alkyl halides is 1. The monoisotopic (exact) mass is 261 g/mol. The third-order valence-electron chi connectivity index (χ3n) is 4.04. The van der Waals surface area contributed by atoms with Gasteiger partial charge in [-0.3, -0.25) is 4.79 Å². The number of methoxy groups -OCH3 is 1. The maximum absolute atomic E-state index is 14.5. The van der Waals surface area contributed by atoms with E-state index in [4.69, 9.17) is 10.5 Å². The number of esters is 1. The lowest BCUT2D eigenvalue weighted by molar-refractivity contribution is -0.158. The van der Waals surface area contributed by atoms with Gasteiger partial charge in [0, 0.05) is 18.9 Å². The maximum atomic E-state index is 14.5. The summed E-state index contributed by atoms with van der Waals surface area (Å²) in [6, 6.07) is 0. The SMILES string of the molecule is CCOC(=O)[C@@]1(F)[C@@H]2C[C@@H](OC)[C@@](N)(C(=O)O)[C@@H]21. The molecule has 6 nitrogen and oxygen atoms in total. The fourth-order valence-electron chi connectivity index (χ4n) is 3.12. The smallest absolute Gasteiger partial charge is 0.344 e. The summed E-state index contributed by atoms with van der Waals surface area (Å²) in [4.78, 5) is 22.8.